The van der Waals surface area contributed by atoms with Gasteiger partial charge in [-0.15, -0.1) is 0 Å². The molecule has 1 fully saturated rings. The second-order valence-corrected chi connectivity index (χ2v) is 7.70. The van der Waals surface area contributed by atoms with Crippen molar-refractivity contribution in [2.75, 3.05) is 19.6 Å². The van der Waals surface area contributed by atoms with Gasteiger partial charge in [-0.05, 0) is 50.0 Å². The van der Waals surface area contributed by atoms with Crippen molar-refractivity contribution in [3.8, 4) is 0 Å². The molecule has 4 nitrogen and oxygen atoms in total. The molecule has 0 bridgehead atoms. The smallest absolute Gasteiger partial charge is 0.242 e. The van der Waals surface area contributed by atoms with E-state index in [1.54, 1.807) is 12.1 Å². The van der Waals surface area contributed by atoms with Gasteiger partial charge >= 0.3 is 0 Å². The molecule has 0 spiro atoms. The van der Waals surface area contributed by atoms with Crippen LogP contribution in [0.5, 0.6) is 0 Å². The molecule has 0 aliphatic carbocycles. The van der Waals surface area contributed by atoms with E-state index in [9.17, 15) is 8.42 Å². The highest BCUT2D eigenvalue weighted by molar-refractivity contribution is 9.10. The normalized spacial score (nSPS) is 20.4. The number of nitrogens with one attached hydrogen (secondary N) is 2. The zero-order chi connectivity index (χ0) is 13.9. The number of halogens is 2. The molecule has 0 aromatic heterocycles. The predicted octanol–water partition coefficient (Wildman–Crippen LogP) is 2.38. The average molecular weight is 368 g/mol. The summed E-state index contributed by atoms with van der Waals surface area (Å²) < 4.78 is 27.8. The van der Waals surface area contributed by atoms with Gasteiger partial charge in [-0.3, -0.25) is 0 Å². The van der Waals surface area contributed by atoms with Crippen molar-refractivity contribution >= 4 is 37.6 Å². The van der Waals surface area contributed by atoms with Gasteiger partial charge in [-0.1, -0.05) is 27.5 Å². The molecule has 1 aromatic carbocycles. The maximum Gasteiger partial charge on any atom is 0.242 e. The summed E-state index contributed by atoms with van der Waals surface area (Å²) in [4.78, 5) is 0.118. The van der Waals surface area contributed by atoms with Crippen molar-refractivity contribution in [2.45, 2.75) is 17.7 Å². The van der Waals surface area contributed by atoms with Crippen LogP contribution in [0.2, 0.25) is 5.02 Å². The van der Waals surface area contributed by atoms with Gasteiger partial charge < -0.3 is 5.32 Å². The summed E-state index contributed by atoms with van der Waals surface area (Å²) in [6.07, 6.45) is 2.13. The van der Waals surface area contributed by atoms with E-state index in [2.05, 4.69) is 26.0 Å². The third-order valence-corrected chi connectivity index (χ3v) is 5.54. The topological polar surface area (TPSA) is 58.2 Å². The Kier molecular flexibility index (Phi) is 5.25. The van der Waals surface area contributed by atoms with E-state index in [0.717, 1.165) is 25.9 Å². The maximum atomic E-state index is 12.2. The Hall–Kier alpha value is -0.140. The number of hydrogen-bond acceptors (Lipinski definition) is 3. The van der Waals surface area contributed by atoms with Crippen LogP contribution in [0.25, 0.3) is 0 Å². The number of rotatable bonds is 4. The van der Waals surface area contributed by atoms with Gasteiger partial charge in [-0.25, -0.2) is 13.1 Å². The third-order valence-electron chi connectivity index (χ3n) is 3.14. The summed E-state index contributed by atoms with van der Waals surface area (Å²) in [5.41, 5.74) is 0. The Bertz CT molecular complexity index is 545. The molecule has 1 aromatic rings. The van der Waals surface area contributed by atoms with E-state index in [1.165, 1.54) is 6.07 Å². The van der Waals surface area contributed by atoms with E-state index >= 15 is 0 Å². The molecule has 1 saturated heterocycles. The van der Waals surface area contributed by atoms with Crippen molar-refractivity contribution in [3.63, 3.8) is 0 Å². The first-order valence-electron chi connectivity index (χ1n) is 6.14. The fourth-order valence-corrected chi connectivity index (χ4v) is 4.24. The standard InChI is InChI=1S/C12H16BrClN2O2S/c13-10-3-4-11(14)12(6-10)19(17,18)16-8-9-2-1-5-15-7-9/h3-4,6,9,15-16H,1-2,5,7-8H2. The lowest BCUT2D eigenvalue weighted by atomic mass is 10.0. The molecule has 19 heavy (non-hydrogen) atoms. The highest BCUT2D eigenvalue weighted by atomic mass is 79.9. The van der Waals surface area contributed by atoms with Crippen LogP contribution in [0.4, 0.5) is 0 Å². The van der Waals surface area contributed by atoms with Gasteiger partial charge in [-0.2, -0.15) is 0 Å². The van der Waals surface area contributed by atoms with Gasteiger partial charge in [0.15, 0.2) is 0 Å². The van der Waals surface area contributed by atoms with Gasteiger partial charge in [0.05, 0.1) is 5.02 Å². The summed E-state index contributed by atoms with van der Waals surface area (Å²) >= 11 is 9.21. The molecule has 1 aliphatic rings. The number of sulfonamides is 1. The van der Waals surface area contributed by atoms with Gasteiger partial charge in [0, 0.05) is 11.0 Å². The second kappa shape index (κ2) is 6.54. The Morgan fingerprint density at radius 3 is 2.95 bits per heavy atom. The van der Waals surface area contributed by atoms with Crippen molar-refractivity contribution in [3.05, 3.63) is 27.7 Å². The number of piperidine rings is 1. The van der Waals surface area contributed by atoms with Crippen LogP contribution in [0.1, 0.15) is 12.8 Å². The fourth-order valence-electron chi connectivity index (χ4n) is 2.09. The SMILES string of the molecule is O=S(=O)(NCC1CCCNC1)c1cc(Br)ccc1Cl. The van der Waals surface area contributed by atoms with Crippen molar-refractivity contribution in [2.24, 2.45) is 5.92 Å². The predicted molar refractivity (Wildman–Crippen MR) is 79.9 cm³/mol. The van der Waals surface area contributed by atoms with Crippen LogP contribution >= 0.6 is 27.5 Å². The molecular weight excluding hydrogens is 352 g/mol. The summed E-state index contributed by atoms with van der Waals surface area (Å²) in [6.45, 7) is 2.31. The summed E-state index contributed by atoms with van der Waals surface area (Å²) in [6, 6.07) is 4.80. The molecular formula is C12H16BrClN2O2S. The third kappa shape index (κ3) is 4.16. The number of hydrogen-bond donors (Lipinski definition) is 2. The van der Waals surface area contributed by atoms with Gasteiger partial charge in [0.1, 0.15) is 4.90 Å². The molecule has 7 heteroatoms. The van der Waals surface area contributed by atoms with Crippen molar-refractivity contribution in [1.29, 1.82) is 0 Å². The van der Waals surface area contributed by atoms with E-state index in [-0.39, 0.29) is 9.92 Å². The highest BCUT2D eigenvalue weighted by Gasteiger charge is 2.21. The van der Waals surface area contributed by atoms with Crippen LogP contribution in [-0.2, 0) is 10.0 Å². The van der Waals surface area contributed by atoms with Crippen LogP contribution in [0.15, 0.2) is 27.6 Å². The molecule has 1 heterocycles. The lowest BCUT2D eigenvalue weighted by Crippen LogP contribution is -2.38. The summed E-state index contributed by atoms with van der Waals surface area (Å²) in [5.74, 6) is 0.342. The first-order valence-corrected chi connectivity index (χ1v) is 8.80. The lowest BCUT2D eigenvalue weighted by molar-refractivity contribution is 0.376. The second-order valence-electron chi connectivity index (χ2n) is 4.64. The zero-order valence-electron chi connectivity index (χ0n) is 10.3. The monoisotopic (exact) mass is 366 g/mol. The first kappa shape index (κ1) is 15.3. The Balaban J connectivity index is 2.07. The van der Waals surface area contributed by atoms with Crippen LogP contribution in [0, 0.1) is 5.92 Å². The molecule has 1 atom stereocenters. The zero-order valence-corrected chi connectivity index (χ0v) is 13.5. The van der Waals surface area contributed by atoms with Crippen molar-refractivity contribution < 1.29 is 8.42 Å². The molecule has 2 N–H and O–H groups in total. The summed E-state index contributed by atoms with van der Waals surface area (Å²) in [5, 5.41) is 3.50. The molecule has 0 saturated carbocycles. The fraction of sp³-hybridized carbons (Fsp3) is 0.500. The van der Waals surface area contributed by atoms with Crippen molar-refractivity contribution in [1.82, 2.24) is 10.0 Å². The van der Waals surface area contributed by atoms with Gasteiger partial charge in [0.2, 0.25) is 10.0 Å². The molecule has 106 valence electrons. The van der Waals surface area contributed by atoms with Crippen LogP contribution in [-0.4, -0.2) is 28.1 Å². The molecule has 2 rings (SSSR count). The molecule has 1 aliphatic heterocycles. The molecule has 1 unspecified atom stereocenters. The Labute approximate surface area is 127 Å². The van der Waals surface area contributed by atoms with Crippen LogP contribution in [0.3, 0.4) is 0 Å². The van der Waals surface area contributed by atoms with E-state index in [0.29, 0.717) is 16.9 Å². The minimum atomic E-state index is -3.55. The quantitative estimate of drug-likeness (QED) is 0.859. The minimum absolute atomic E-state index is 0.118. The van der Waals surface area contributed by atoms with E-state index in [1.807, 2.05) is 0 Å². The first-order chi connectivity index (χ1) is 8.99. The number of benzene rings is 1. The Morgan fingerprint density at radius 1 is 1.47 bits per heavy atom. The van der Waals surface area contributed by atoms with Gasteiger partial charge in [0.25, 0.3) is 0 Å². The minimum Gasteiger partial charge on any atom is -0.316 e. The van der Waals surface area contributed by atoms with Crippen LogP contribution < -0.4 is 10.0 Å². The van der Waals surface area contributed by atoms with E-state index < -0.39 is 10.0 Å². The lowest BCUT2D eigenvalue weighted by Gasteiger charge is -2.22. The average Bonchev–Trinajstić information content (AvgIpc) is 2.40. The largest absolute Gasteiger partial charge is 0.316 e. The molecule has 0 radical (unpaired) electrons. The maximum absolute atomic E-state index is 12.2. The molecule has 0 amide bonds. The summed E-state index contributed by atoms with van der Waals surface area (Å²) in [7, 11) is -3.55. The Morgan fingerprint density at radius 2 is 2.26 bits per heavy atom. The van der Waals surface area contributed by atoms with E-state index in [4.69, 9.17) is 11.6 Å². The highest BCUT2D eigenvalue weighted by Crippen LogP contribution is 2.25.